The number of anilines is 1. The molecule has 0 aliphatic carbocycles. The average molecular weight is 575 g/mol. The van der Waals surface area contributed by atoms with Crippen molar-refractivity contribution >= 4 is 46.8 Å². The molecule has 3 fully saturated rings. The number of amides is 2. The lowest BCUT2D eigenvalue weighted by Crippen LogP contribution is -2.58. The van der Waals surface area contributed by atoms with Gasteiger partial charge in [-0.2, -0.15) is 0 Å². The van der Waals surface area contributed by atoms with Crippen molar-refractivity contribution in [3.63, 3.8) is 0 Å². The second-order valence-corrected chi connectivity index (χ2v) is 13.7. The molecule has 2 bridgehead atoms. The van der Waals surface area contributed by atoms with E-state index in [2.05, 4.69) is 13.2 Å². The summed E-state index contributed by atoms with van der Waals surface area (Å²) in [5, 5.41) is 10.9. The molecule has 0 saturated carbocycles. The van der Waals surface area contributed by atoms with Gasteiger partial charge in [0, 0.05) is 11.3 Å². The monoisotopic (exact) mass is 574 g/mol. The van der Waals surface area contributed by atoms with Crippen molar-refractivity contribution in [2.75, 3.05) is 24.7 Å². The van der Waals surface area contributed by atoms with E-state index in [0.29, 0.717) is 30.0 Å². The zero-order valence-corrected chi connectivity index (χ0v) is 24.8. The summed E-state index contributed by atoms with van der Waals surface area (Å²) >= 11 is 8.21. The molecular weight excluding hydrogens is 536 g/mol. The highest BCUT2D eigenvalue weighted by Gasteiger charge is 2.78. The zero-order valence-electron chi connectivity index (χ0n) is 23.2. The Morgan fingerprint density at radius 3 is 2.62 bits per heavy atom. The van der Waals surface area contributed by atoms with Crippen molar-refractivity contribution in [3.8, 4) is 0 Å². The van der Waals surface area contributed by atoms with Crippen molar-refractivity contribution in [1.29, 1.82) is 0 Å². The lowest BCUT2D eigenvalue weighted by molar-refractivity contribution is -0.156. The van der Waals surface area contributed by atoms with E-state index in [4.69, 9.17) is 16.3 Å². The Morgan fingerprint density at radius 1 is 1.31 bits per heavy atom. The number of halogens is 1. The van der Waals surface area contributed by atoms with E-state index in [1.807, 2.05) is 39.8 Å². The average Bonchev–Trinajstić information content (AvgIpc) is 3.44. The molecule has 1 spiro atoms. The lowest BCUT2D eigenvalue weighted by Gasteiger charge is -2.41. The number of aliphatic hydroxyl groups is 1. The fourth-order valence-electron chi connectivity index (χ4n) is 6.84. The number of carbonyl (C=O) groups is 3. The largest absolute Gasteiger partial charge is 0.465 e. The summed E-state index contributed by atoms with van der Waals surface area (Å²) < 4.78 is 4.25. The number of rotatable bonds is 11. The van der Waals surface area contributed by atoms with Crippen molar-refractivity contribution in [3.05, 3.63) is 54.1 Å². The van der Waals surface area contributed by atoms with Crippen molar-refractivity contribution in [1.82, 2.24) is 4.90 Å². The predicted molar refractivity (Wildman–Crippen MR) is 156 cm³/mol. The highest BCUT2D eigenvalue weighted by molar-refractivity contribution is 8.02. The van der Waals surface area contributed by atoms with Crippen molar-refractivity contribution in [2.45, 2.75) is 68.5 Å². The Kier molecular flexibility index (Phi) is 8.60. The van der Waals surface area contributed by atoms with Gasteiger partial charge < -0.3 is 19.6 Å². The molecule has 3 aliphatic rings. The molecule has 9 heteroatoms. The standard InChI is InChI=1S/C30H39ClN2O5S/c1-7-9-16-38-28(37)23-22-26(35)33(21(17-34)18(3)4)25(30(22)14-13-29(23,6)39-30)27(36)32(15-8-2)24-19(5)11-10-12-20(24)31/h7-8,10-12,18,21-23,25,34H,1-2,9,13-17H2,3-6H3/t21-,22-,23+,25?,29-,30?/m0/s1. The number of para-hydroxylation sites is 1. The SMILES string of the molecule is C=CCCOC(=O)[C@H]1[C@H]2C(=O)N([C@@H](CO)C(C)C)C(C(=O)N(CC=C)c3c(C)cccc3Cl)C23CC[C@]1(C)S3. The first-order valence-electron chi connectivity index (χ1n) is 13.6. The summed E-state index contributed by atoms with van der Waals surface area (Å²) in [5.41, 5.74) is 1.40. The molecule has 7 nitrogen and oxygen atoms in total. The molecule has 1 aromatic rings. The second kappa shape index (κ2) is 11.3. The zero-order chi connectivity index (χ0) is 28.7. The van der Waals surface area contributed by atoms with E-state index in [0.717, 1.165) is 5.56 Å². The Labute approximate surface area is 240 Å². The summed E-state index contributed by atoms with van der Waals surface area (Å²) in [7, 11) is 0. The number of fused-ring (bicyclic) bond motifs is 1. The smallest absolute Gasteiger partial charge is 0.311 e. The van der Waals surface area contributed by atoms with E-state index in [9.17, 15) is 19.5 Å². The summed E-state index contributed by atoms with van der Waals surface area (Å²) in [6.07, 6.45) is 5.13. The lowest BCUT2D eigenvalue weighted by atomic mass is 9.66. The number of benzene rings is 1. The molecule has 212 valence electrons. The molecule has 1 aromatic carbocycles. The van der Waals surface area contributed by atoms with Crippen LogP contribution in [-0.4, -0.2) is 69.1 Å². The molecule has 0 aromatic heterocycles. The van der Waals surface area contributed by atoms with Crippen LogP contribution in [-0.2, 0) is 19.1 Å². The van der Waals surface area contributed by atoms with Crippen LogP contribution in [0, 0.1) is 24.7 Å². The molecule has 4 rings (SSSR count). The first-order valence-corrected chi connectivity index (χ1v) is 14.8. The number of hydrogen-bond acceptors (Lipinski definition) is 6. The summed E-state index contributed by atoms with van der Waals surface area (Å²) in [4.78, 5) is 45.8. The van der Waals surface area contributed by atoms with Crippen molar-refractivity contribution < 1.29 is 24.2 Å². The Hall–Kier alpha value is -2.29. The minimum absolute atomic E-state index is 0.116. The van der Waals surface area contributed by atoms with Gasteiger partial charge in [-0.15, -0.1) is 24.9 Å². The molecule has 0 radical (unpaired) electrons. The molecule has 3 heterocycles. The third kappa shape index (κ3) is 4.72. The minimum atomic E-state index is -0.886. The van der Waals surface area contributed by atoms with Gasteiger partial charge in [-0.1, -0.05) is 49.7 Å². The van der Waals surface area contributed by atoms with Crippen LogP contribution in [0.1, 0.15) is 45.6 Å². The highest BCUT2D eigenvalue weighted by atomic mass is 35.5. The van der Waals surface area contributed by atoms with Gasteiger partial charge in [0.05, 0.1) is 46.5 Å². The number of aryl methyl sites for hydroxylation is 1. The van der Waals surface area contributed by atoms with Crippen LogP contribution in [0.2, 0.25) is 5.02 Å². The number of aliphatic hydroxyl groups excluding tert-OH is 1. The van der Waals surface area contributed by atoms with Crippen LogP contribution in [0.15, 0.2) is 43.5 Å². The van der Waals surface area contributed by atoms with Gasteiger partial charge in [0.2, 0.25) is 5.91 Å². The van der Waals surface area contributed by atoms with Crippen molar-refractivity contribution in [2.24, 2.45) is 17.8 Å². The van der Waals surface area contributed by atoms with E-state index >= 15 is 0 Å². The Morgan fingerprint density at radius 2 is 2.03 bits per heavy atom. The highest BCUT2D eigenvalue weighted by Crippen LogP contribution is 2.72. The topological polar surface area (TPSA) is 87.1 Å². The van der Waals surface area contributed by atoms with E-state index in [1.54, 1.807) is 39.8 Å². The van der Waals surface area contributed by atoms with Gasteiger partial charge in [-0.3, -0.25) is 14.4 Å². The van der Waals surface area contributed by atoms with Crippen LogP contribution >= 0.6 is 23.4 Å². The van der Waals surface area contributed by atoms with E-state index in [1.165, 1.54) is 0 Å². The fourth-order valence-corrected chi connectivity index (χ4v) is 9.49. The van der Waals surface area contributed by atoms with Gasteiger partial charge in [0.15, 0.2) is 0 Å². The molecule has 3 aliphatic heterocycles. The molecule has 2 amide bonds. The number of esters is 1. The third-order valence-electron chi connectivity index (χ3n) is 8.62. The molecular formula is C30H39ClN2O5S. The van der Waals surface area contributed by atoms with Crippen LogP contribution in [0.25, 0.3) is 0 Å². The first kappa shape index (κ1) is 29.7. The van der Waals surface area contributed by atoms with Gasteiger partial charge in [0.1, 0.15) is 6.04 Å². The van der Waals surface area contributed by atoms with Crippen LogP contribution in [0.3, 0.4) is 0 Å². The van der Waals surface area contributed by atoms with Crippen LogP contribution < -0.4 is 4.90 Å². The summed E-state index contributed by atoms with van der Waals surface area (Å²) in [6.45, 7) is 15.4. The number of hydrogen-bond donors (Lipinski definition) is 1. The number of likely N-dealkylation sites (tertiary alicyclic amines) is 1. The fraction of sp³-hybridized carbons (Fsp3) is 0.567. The number of nitrogens with zero attached hydrogens (tertiary/aromatic N) is 2. The van der Waals surface area contributed by atoms with Crippen LogP contribution in [0.4, 0.5) is 5.69 Å². The third-order valence-corrected chi connectivity index (χ3v) is 10.9. The number of ether oxygens (including phenoxy) is 1. The Bertz CT molecular complexity index is 1150. The maximum Gasteiger partial charge on any atom is 0.311 e. The Balaban J connectivity index is 1.86. The van der Waals surface area contributed by atoms with E-state index < -0.39 is 39.4 Å². The number of carbonyl (C=O) groups excluding carboxylic acids is 3. The maximum atomic E-state index is 14.8. The minimum Gasteiger partial charge on any atom is -0.465 e. The quantitative estimate of drug-likeness (QED) is 0.232. The van der Waals surface area contributed by atoms with Gasteiger partial charge in [0.25, 0.3) is 5.91 Å². The predicted octanol–water partition coefficient (Wildman–Crippen LogP) is 4.78. The molecule has 2 unspecified atom stereocenters. The number of thioether (sulfide) groups is 1. The van der Waals surface area contributed by atoms with E-state index in [-0.39, 0.29) is 37.5 Å². The molecule has 1 N–H and O–H groups in total. The first-order chi connectivity index (χ1) is 18.5. The summed E-state index contributed by atoms with van der Waals surface area (Å²) in [6, 6.07) is 3.98. The summed E-state index contributed by atoms with van der Waals surface area (Å²) in [5.74, 6) is -2.48. The molecule has 3 saturated heterocycles. The molecule has 39 heavy (non-hydrogen) atoms. The van der Waals surface area contributed by atoms with Gasteiger partial charge in [-0.25, -0.2) is 0 Å². The second-order valence-electron chi connectivity index (χ2n) is 11.4. The normalized spacial score (nSPS) is 29.9. The maximum absolute atomic E-state index is 14.8. The molecule has 6 atom stereocenters. The van der Waals surface area contributed by atoms with Gasteiger partial charge >= 0.3 is 5.97 Å². The van der Waals surface area contributed by atoms with Crippen LogP contribution in [0.5, 0.6) is 0 Å². The van der Waals surface area contributed by atoms with Gasteiger partial charge in [-0.05, 0) is 50.7 Å².